The monoisotopic (exact) mass is 398 g/mol. The molecule has 2 amide bonds. The van der Waals surface area contributed by atoms with Crippen LogP contribution in [-0.2, 0) is 0 Å². The van der Waals surface area contributed by atoms with Crippen molar-refractivity contribution in [1.82, 2.24) is 19.8 Å². The van der Waals surface area contributed by atoms with E-state index in [-0.39, 0.29) is 11.8 Å². The number of carbonyl (C=O) groups excluding carboxylic acids is 2. The van der Waals surface area contributed by atoms with Gasteiger partial charge in [-0.2, -0.15) is 0 Å². The van der Waals surface area contributed by atoms with Crippen LogP contribution in [0.4, 0.5) is 0 Å². The van der Waals surface area contributed by atoms with Gasteiger partial charge >= 0.3 is 0 Å². The zero-order chi connectivity index (χ0) is 18.8. The third kappa shape index (κ3) is 3.63. The molecule has 1 fully saturated rings. The van der Waals surface area contributed by atoms with Crippen LogP contribution in [0.2, 0.25) is 0 Å². The predicted octanol–water partition coefficient (Wildman–Crippen LogP) is 3.17. The van der Waals surface area contributed by atoms with Crippen molar-refractivity contribution in [2.24, 2.45) is 0 Å². The molecule has 0 bridgehead atoms. The molecule has 0 unspecified atom stereocenters. The number of aryl methyl sites for hydroxylation is 1. The van der Waals surface area contributed by atoms with Crippen molar-refractivity contribution in [3.05, 3.63) is 57.4 Å². The van der Waals surface area contributed by atoms with E-state index < -0.39 is 0 Å². The van der Waals surface area contributed by atoms with Gasteiger partial charge in [0.05, 0.1) is 16.3 Å². The van der Waals surface area contributed by atoms with Gasteiger partial charge in [-0.1, -0.05) is 12.1 Å². The van der Waals surface area contributed by atoms with Gasteiger partial charge in [0.1, 0.15) is 9.88 Å². The van der Waals surface area contributed by atoms with Crippen LogP contribution in [0.1, 0.15) is 25.0 Å². The summed E-state index contributed by atoms with van der Waals surface area (Å²) in [5.41, 5.74) is 1.50. The maximum atomic E-state index is 12.9. The number of rotatable bonds is 3. The topological polar surface area (TPSA) is 66.4 Å². The van der Waals surface area contributed by atoms with Crippen LogP contribution in [0, 0.1) is 6.92 Å². The van der Waals surface area contributed by atoms with Gasteiger partial charge in [0, 0.05) is 32.4 Å². The second-order valence-corrected chi connectivity index (χ2v) is 8.16. The highest BCUT2D eigenvalue weighted by Gasteiger charge is 2.28. The summed E-state index contributed by atoms with van der Waals surface area (Å²) < 4.78 is 0. The predicted molar refractivity (Wildman–Crippen MR) is 106 cm³/mol. The standard InChI is InChI=1S/C19H18N4O2S2/c1-13-16(27-17(21-13)14-5-2-3-7-20-14)19(25)23-10-8-22(9-11-23)18(24)15-6-4-12-26-15/h2-7,12H,8-11H2,1H3. The smallest absolute Gasteiger partial charge is 0.265 e. The first kappa shape index (κ1) is 17.8. The lowest BCUT2D eigenvalue weighted by atomic mass is 10.2. The van der Waals surface area contributed by atoms with Crippen molar-refractivity contribution in [2.75, 3.05) is 26.2 Å². The van der Waals surface area contributed by atoms with Crippen molar-refractivity contribution in [2.45, 2.75) is 6.92 Å². The molecule has 0 aliphatic carbocycles. The first-order valence-corrected chi connectivity index (χ1v) is 10.3. The van der Waals surface area contributed by atoms with E-state index >= 15 is 0 Å². The van der Waals surface area contributed by atoms with Gasteiger partial charge in [0.25, 0.3) is 11.8 Å². The molecule has 1 saturated heterocycles. The lowest BCUT2D eigenvalue weighted by Crippen LogP contribution is -2.50. The van der Waals surface area contributed by atoms with E-state index in [9.17, 15) is 9.59 Å². The molecule has 6 nitrogen and oxygen atoms in total. The van der Waals surface area contributed by atoms with Crippen LogP contribution in [0.3, 0.4) is 0 Å². The molecular weight excluding hydrogens is 380 g/mol. The highest BCUT2D eigenvalue weighted by atomic mass is 32.1. The quantitative estimate of drug-likeness (QED) is 0.680. The van der Waals surface area contributed by atoms with Crippen LogP contribution in [0.25, 0.3) is 10.7 Å². The molecule has 3 aromatic rings. The van der Waals surface area contributed by atoms with Crippen molar-refractivity contribution in [3.8, 4) is 10.7 Å². The Bertz CT molecular complexity index is 946. The summed E-state index contributed by atoms with van der Waals surface area (Å²) in [6.07, 6.45) is 1.72. The summed E-state index contributed by atoms with van der Waals surface area (Å²) in [5, 5.41) is 2.65. The van der Waals surface area contributed by atoms with Crippen molar-refractivity contribution in [3.63, 3.8) is 0 Å². The Labute approximate surface area is 165 Å². The average Bonchev–Trinajstić information content (AvgIpc) is 3.38. The number of aromatic nitrogens is 2. The Hall–Kier alpha value is -2.58. The number of carbonyl (C=O) groups is 2. The van der Waals surface area contributed by atoms with Crippen molar-refractivity contribution < 1.29 is 9.59 Å². The third-order valence-corrected chi connectivity index (χ3v) is 6.49. The number of pyridine rings is 1. The Kier molecular flexibility index (Phi) is 5.00. The minimum absolute atomic E-state index is 0.0181. The van der Waals surface area contributed by atoms with Gasteiger partial charge in [-0.05, 0) is 30.5 Å². The maximum Gasteiger partial charge on any atom is 0.265 e. The number of hydrogen-bond acceptors (Lipinski definition) is 6. The molecule has 1 aliphatic heterocycles. The number of piperazine rings is 1. The van der Waals surface area contributed by atoms with Crippen LogP contribution in [0.5, 0.6) is 0 Å². The minimum Gasteiger partial charge on any atom is -0.334 e. The first-order valence-electron chi connectivity index (χ1n) is 8.64. The zero-order valence-electron chi connectivity index (χ0n) is 14.8. The SMILES string of the molecule is Cc1nc(-c2ccccn2)sc1C(=O)N1CCN(C(=O)c2cccs2)CC1. The highest BCUT2D eigenvalue weighted by Crippen LogP contribution is 2.27. The summed E-state index contributed by atoms with van der Waals surface area (Å²) in [6.45, 7) is 4.02. The van der Waals surface area contributed by atoms with Gasteiger partial charge < -0.3 is 9.80 Å². The highest BCUT2D eigenvalue weighted by molar-refractivity contribution is 7.17. The van der Waals surface area contributed by atoms with E-state index in [2.05, 4.69) is 9.97 Å². The van der Waals surface area contributed by atoms with Gasteiger partial charge in [-0.15, -0.1) is 22.7 Å². The maximum absolute atomic E-state index is 12.9. The van der Waals surface area contributed by atoms with E-state index in [4.69, 9.17) is 0 Å². The molecule has 1 aliphatic rings. The van der Waals surface area contributed by atoms with E-state index in [1.165, 1.54) is 22.7 Å². The zero-order valence-corrected chi connectivity index (χ0v) is 16.4. The summed E-state index contributed by atoms with van der Waals surface area (Å²) in [7, 11) is 0. The fraction of sp³-hybridized carbons (Fsp3) is 0.263. The largest absolute Gasteiger partial charge is 0.334 e. The molecule has 27 heavy (non-hydrogen) atoms. The summed E-state index contributed by atoms with van der Waals surface area (Å²) >= 11 is 2.82. The fourth-order valence-electron chi connectivity index (χ4n) is 3.01. The van der Waals surface area contributed by atoms with Crippen LogP contribution in [-0.4, -0.2) is 57.8 Å². The average molecular weight is 399 g/mol. The Morgan fingerprint density at radius 1 is 1.00 bits per heavy atom. The molecule has 8 heteroatoms. The molecule has 3 aromatic heterocycles. The van der Waals surface area contributed by atoms with Gasteiger partial charge in [0.2, 0.25) is 0 Å². The lowest BCUT2D eigenvalue weighted by molar-refractivity contribution is 0.0540. The summed E-state index contributed by atoms with van der Waals surface area (Å²) in [4.78, 5) is 39.2. The van der Waals surface area contributed by atoms with Crippen molar-refractivity contribution >= 4 is 34.5 Å². The first-order chi connectivity index (χ1) is 13.1. The third-order valence-electron chi connectivity index (χ3n) is 4.46. The number of hydrogen-bond donors (Lipinski definition) is 0. The molecule has 138 valence electrons. The Balaban J connectivity index is 1.44. The van der Waals surface area contributed by atoms with Crippen LogP contribution in [0.15, 0.2) is 41.9 Å². The van der Waals surface area contributed by atoms with Gasteiger partial charge in [-0.3, -0.25) is 14.6 Å². The molecule has 0 radical (unpaired) electrons. The van der Waals surface area contributed by atoms with Crippen LogP contribution < -0.4 is 0 Å². The molecule has 0 N–H and O–H groups in total. The summed E-state index contributed by atoms with van der Waals surface area (Å²) in [5.74, 6) is 0.0268. The van der Waals surface area contributed by atoms with E-state index in [0.717, 1.165) is 21.3 Å². The molecule has 4 rings (SSSR count). The summed E-state index contributed by atoms with van der Waals surface area (Å²) in [6, 6.07) is 9.37. The number of thiazole rings is 1. The van der Waals surface area contributed by atoms with Crippen molar-refractivity contribution in [1.29, 1.82) is 0 Å². The Morgan fingerprint density at radius 2 is 1.74 bits per heavy atom. The van der Waals surface area contributed by atoms with Crippen LogP contribution >= 0.6 is 22.7 Å². The number of nitrogens with zero attached hydrogens (tertiary/aromatic N) is 4. The molecular formula is C19H18N4O2S2. The molecule has 0 spiro atoms. The fourth-order valence-corrected chi connectivity index (χ4v) is 4.71. The second-order valence-electron chi connectivity index (χ2n) is 6.21. The molecule has 0 atom stereocenters. The molecule has 4 heterocycles. The van der Waals surface area contributed by atoms with E-state index in [1.54, 1.807) is 11.1 Å². The lowest BCUT2D eigenvalue weighted by Gasteiger charge is -2.34. The second kappa shape index (κ2) is 7.58. The Morgan fingerprint density at radius 3 is 2.37 bits per heavy atom. The van der Waals surface area contributed by atoms with Gasteiger partial charge in [0.15, 0.2) is 0 Å². The molecule has 0 aromatic carbocycles. The number of amides is 2. The van der Waals surface area contributed by atoms with Gasteiger partial charge in [-0.25, -0.2) is 4.98 Å². The van der Waals surface area contributed by atoms with E-state index in [1.807, 2.05) is 47.5 Å². The minimum atomic E-state index is -0.0181. The number of thiophene rings is 1. The molecule has 0 saturated carbocycles. The normalized spacial score (nSPS) is 14.4. The van der Waals surface area contributed by atoms with E-state index in [0.29, 0.717) is 31.1 Å².